The van der Waals surface area contributed by atoms with Crippen LogP contribution in [0, 0.1) is 11.3 Å². The van der Waals surface area contributed by atoms with Crippen LogP contribution in [0.1, 0.15) is 71.6 Å². The highest BCUT2D eigenvalue weighted by Crippen LogP contribution is 2.34. The quantitative estimate of drug-likeness (QED) is 0.731. The Hall–Kier alpha value is -0.570. The Bertz CT molecular complexity index is 257. The fourth-order valence-electron chi connectivity index (χ4n) is 3.18. The molecule has 0 heterocycles. The van der Waals surface area contributed by atoms with Gasteiger partial charge in [0.05, 0.1) is 6.42 Å². The predicted molar refractivity (Wildman–Crippen MR) is 74.4 cm³/mol. The zero-order chi connectivity index (χ0) is 13.6. The van der Waals surface area contributed by atoms with Gasteiger partial charge in [0.25, 0.3) is 0 Å². The Balaban J connectivity index is 2.27. The van der Waals surface area contributed by atoms with E-state index in [4.69, 9.17) is 10.8 Å². The van der Waals surface area contributed by atoms with Gasteiger partial charge in [0, 0.05) is 6.04 Å². The summed E-state index contributed by atoms with van der Waals surface area (Å²) in [7, 11) is 0. The molecule has 1 aliphatic carbocycles. The normalized spacial score (nSPS) is 19.7. The van der Waals surface area contributed by atoms with Crippen LogP contribution in [-0.2, 0) is 4.79 Å². The second kappa shape index (κ2) is 7.13. The van der Waals surface area contributed by atoms with Crippen LogP contribution in [-0.4, -0.2) is 17.1 Å². The van der Waals surface area contributed by atoms with E-state index in [0.717, 1.165) is 12.3 Å². The number of nitrogens with two attached hydrogens (primary N) is 1. The summed E-state index contributed by atoms with van der Waals surface area (Å²) in [5, 5.41) is 8.73. The van der Waals surface area contributed by atoms with Crippen molar-refractivity contribution >= 4 is 5.97 Å². The molecular formula is C15H29NO2. The average molecular weight is 255 g/mol. The van der Waals surface area contributed by atoms with Gasteiger partial charge in [-0.25, -0.2) is 0 Å². The van der Waals surface area contributed by atoms with Gasteiger partial charge < -0.3 is 10.8 Å². The minimum atomic E-state index is -0.786. The molecule has 106 valence electrons. The molecular weight excluding hydrogens is 226 g/mol. The molecule has 0 saturated heterocycles. The summed E-state index contributed by atoms with van der Waals surface area (Å²) in [5.41, 5.74) is 6.06. The van der Waals surface area contributed by atoms with Crippen molar-refractivity contribution in [2.24, 2.45) is 17.1 Å². The van der Waals surface area contributed by atoms with Gasteiger partial charge in [0.1, 0.15) is 0 Å². The van der Waals surface area contributed by atoms with E-state index in [9.17, 15) is 4.79 Å². The Morgan fingerprint density at radius 1 is 1.33 bits per heavy atom. The lowest BCUT2D eigenvalue weighted by Gasteiger charge is -2.30. The average Bonchev–Trinajstić information content (AvgIpc) is 2.26. The highest BCUT2D eigenvalue weighted by atomic mass is 16.4. The van der Waals surface area contributed by atoms with Gasteiger partial charge in [0.15, 0.2) is 0 Å². The van der Waals surface area contributed by atoms with Gasteiger partial charge in [0.2, 0.25) is 0 Å². The van der Waals surface area contributed by atoms with E-state index in [1.54, 1.807) is 0 Å². The molecule has 3 heteroatoms. The van der Waals surface area contributed by atoms with Crippen LogP contribution < -0.4 is 5.73 Å². The van der Waals surface area contributed by atoms with Crippen LogP contribution >= 0.6 is 0 Å². The van der Waals surface area contributed by atoms with Crippen LogP contribution in [0.2, 0.25) is 0 Å². The lowest BCUT2D eigenvalue weighted by molar-refractivity contribution is -0.137. The zero-order valence-electron chi connectivity index (χ0n) is 12.0. The van der Waals surface area contributed by atoms with Gasteiger partial charge in [-0.05, 0) is 30.6 Å². The summed E-state index contributed by atoms with van der Waals surface area (Å²) in [6.07, 6.45) is 10.3. The van der Waals surface area contributed by atoms with E-state index >= 15 is 0 Å². The van der Waals surface area contributed by atoms with E-state index in [-0.39, 0.29) is 17.9 Å². The largest absolute Gasteiger partial charge is 0.481 e. The smallest absolute Gasteiger partial charge is 0.304 e. The van der Waals surface area contributed by atoms with Crippen LogP contribution in [0.4, 0.5) is 0 Å². The first-order valence-corrected chi connectivity index (χ1v) is 7.36. The molecule has 1 rings (SSSR count). The number of aliphatic carboxylic acids is 1. The van der Waals surface area contributed by atoms with E-state index in [0.29, 0.717) is 0 Å². The number of rotatable bonds is 7. The zero-order valence-corrected chi connectivity index (χ0v) is 12.0. The third kappa shape index (κ3) is 6.39. The molecule has 0 aliphatic heterocycles. The highest BCUT2D eigenvalue weighted by Gasteiger charge is 2.24. The minimum absolute atomic E-state index is 0.0901. The second-order valence-electron chi connectivity index (χ2n) is 6.77. The summed E-state index contributed by atoms with van der Waals surface area (Å²) in [6.45, 7) is 4.44. The van der Waals surface area contributed by atoms with E-state index in [2.05, 4.69) is 13.8 Å². The molecule has 1 unspecified atom stereocenters. The van der Waals surface area contributed by atoms with Crippen molar-refractivity contribution in [2.45, 2.75) is 77.7 Å². The summed E-state index contributed by atoms with van der Waals surface area (Å²) in [5.74, 6) is 0.110. The summed E-state index contributed by atoms with van der Waals surface area (Å²) in [6, 6.07) is -0.205. The Kier molecular flexibility index (Phi) is 6.13. The first kappa shape index (κ1) is 15.5. The van der Waals surface area contributed by atoms with Crippen molar-refractivity contribution in [2.75, 3.05) is 0 Å². The third-order valence-electron chi connectivity index (χ3n) is 4.21. The molecule has 0 bridgehead atoms. The molecule has 0 radical (unpaired) electrons. The van der Waals surface area contributed by atoms with Crippen LogP contribution in [0.25, 0.3) is 0 Å². The monoisotopic (exact) mass is 255 g/mol. The topological polar surface area (TPSA) is 63.3 Å². The first-order chi connectivity index (χ1) is 8.39. The van der Waals surface area contributed by atoms with Crippen molar-refractivity contribution in [1.82, 2.24) is 0 Å². The maximum atomic E-state index is 10.6. The first-order valence-electron chi connectivity index (χ1n) is 7.36. The van der Waals surface area contributed by atoms with Gasteiger partial charge in [-0.2, -0.15) is 0 Å². The van der Waals surface area contributed by atoms with Crippen LogP contribution in [0.15, 0.2) is 0 Å². The second-order valence-corrected chi connectivity index (χ2v) is 6.77. The van der Waals surface area contributed by atoms with Gasteiger partial charge in [-0.3, -0.25) is 4.79 Å². The molecule has 0 amide bonds. The molecule has 1 saturated carbocycles. The van der Waals surface area contributed by atoms with Crippen molar-refractivity contribution in [3.63, 3.8) is 0 Å². The van der Waals surface area contributed by atoms with Gasteiger partial charge in [-0.15, -0.1) is 0 Å². The van der Waals surface area contributed by atoms with E-state index in [1.165, 1.54) is 44.9 Å². The molecule has 0 aromatic rings. The summed E-state index contributed by atoms with van der Waals surface area (Å²) >= 11 is 0. The third-order valence-corrected chi connectivity index (χ3v) is 4.21. The van der Waals surface area contributed by atoms with Crippen molar-refractivity contribution in [1.29, 1.82) is 0 Å². The maximum absolute atomic E-state index is 10.6. The fourth-order valence-corrected chi connectivity index (χ4v) is 3.18. The van der Waals surface area contributed by atoms with Gasteiger partial charge in [-0.1, -0.05) is 46.0 Å². The van der Waals surface area contributed by atoms with Crippen LogP contribution in [0.3, 0.4) is 0 Å². The molecule has 18 heavy (non-hydrogen) atoms. The minimum Gasteiger partial charge on any atom is -0.481 e. The van der Waals surface area contributed by atoms with Crippen LogP contribution in [0.5, 0.6) is 0 Å². The van der Waals surface area contributed by atoms with Crippen molar-refractivity contribution in [3.8, 4) is 0 Å². The Labute approximate surface area is 111 Å². The highest BCUT2D eigenvalue weighted by molar-refractivity contribution is 5.67. The molecule has 1 aliphatic rings. The molecule has 3 N–H and O–H groups in total. The molecule has 1 fully saturated rings. The Morgan fingerprint density at radius 2 is 1.94 bits per heavy atom. The summed E-state index contributed by atoms with van der Waals surface area (Å²) in [4.78, 5) is 10.6. The summed E-state index contributed by atoms with van der Waals surface area (Å²) < 4.78 is 0. The number of hydrogen-bond acceptors (Lipinski definition) is 2. The SMILES string of the molecule is CC(C)(CCC1CCCCC1)CC(N)CC(=O)O. The number of carboxylic acid groups (broad SMARTS) is 1. The van der Waals surface area contributed by atoms with E-state index < -0.39 is 5.97 Å². The molecule has 0 aromatic heterocycles. The molecule has 0 spiro atoms. The molecule has 3 nitrogen and oxygen atoms in total. The fraction of sp³-hybridized carbons (Fsp3) is 0.933. The van der Waals surface area contributed by atoms with E-state index in [1.807, 2.05) is 0 Å². The maximum Gasteiger partial charge on any atom is 0.304 e. The number of hydrogen-bond donors (Lipinski definition) is 2. The molecule has 1 atom stereocenters. The van der Waals surface area contributed by atoms with Crippen molar-refractivity contribution < 1.29 is 9.90 Å². The van der Waals surface area contributed by atoms with Gasteiger partial charge >= 0.3 is 5.97 Å². The Morgan fingerprint density at radius 3 is 2.50 bits per heavy atom. The lowest BCUT2D eigenvalue weighted by atomic mass is 9.76. The van der Waals surface area contributed by atoms with Crippen molar-refractivity contribution in [3.05, 3.63) is 0 Å². The predicted octanol–water partition coefficient (Wildman–Crippen LogP) is 3.57. The standard InChI is InChI=1S/C15H29NO2/c1-15(2,11-13(16)10-14(17)18)9-8-12-6-4-3-5-7-12/h12-13H,3-11,16H2,1-2H3,(H,17,18). The number of carboxylic acids is 1. The molecule has 0 aromatic carbocycles. The number of carbonyl (C=O) groups is 1. The lowest BCUT2D eigenvalue weighted by Crippen LogP contribution is -2.30.